The summed E-state index contributed by atoms with van der Waals surface area (Å²) in [5, 5.41) is 7.12. The number of hydrogen-bond acceptors (Lipinski definition) is 5. The lowest BCUT2D eigenvalue weighted by molar-refractivity contribution is -0.192. The van der Waals surface area contributed by atoms with Gasteiger partial charge in [-0.05, 0) is 38.6 Å². The molecule has 0 aliphatic carbocycles. The lowest BCUT2D eigenvalue weighted by Gasteiger charge is -2.37. The maximum atomic E-state index is 13.5. The van der Waals surface area contributed by atoms with Crippen LogP contribution in [0.25, 0.3) is 0 Å². The number of alkyl halides is 3. The predicted molar refractivity (Wildman–Crippen MR) is 82.3 cm³/mol. The standard InChI is InChI=1S/C14H19FN2O2.C2HF3O2/c1-17-7-3-5-14(10-17)8-11(9-18-14)19-13-12(15)4-2-6-16-13;3-2(4,5)1(6)7/h2,4,6,11H,3,5,7-10H2,1H3;(H,6,7)/t11-,14-;/m0./s1. The number of aromatic nitrogens is 1. The van der Waals surface area contributed by atoms with Gasteiger partial charge in [-0.25, -0.2) is 14.2 Å². The summed E-state index contributed by atoms with van der Waals surface area (Å²) >= 11 is 0. The van der Waals surface area contributed by atoms with Crippen molar-refractivity contribution in [3.63, 3.8) is 0 Å². The van der Waals surface area contributed by atoms with Crippen LogP contribution in [-0.4, -0.2) is 65.6 Å². The van der Waals surface area contributed by atoms with Crippen LogP contribution in [0.1, 0.15) is 19.3 Å². The third-order valence-electron chi connectivity index (χ3n) is 4.15. The third kappa shape index (κ3) is 5.53. The van der Waals surface area contributed by atoms with Crippen molar-refractivity contribution in [3.8, 4) is 5.88 Å². The van der Waals surface area contributed by atoms with Crippen molar-refractivity contribution in [3.05, 3.63) is 24.1 Å². The van der Waals surface area contributed by atoms with Gasteiger partial charge in [0.25, 0.3) is 5.88 Å². The van der Waals surface area contributed by atoms with E-state index in [-0.39, 0.29) is 17.6 Å². The topological polar surface area (TPSA) is 71.9 Å². The average Bonchev–Trinajstić information content (AvgIpc) is 2.91. The summed E-state index contributed by atoms with van der Waals surface area (Å²) in [6.07, 6.45) is -0.634. The van der Waals surface area contributed by atoms with Crippen LogP contribution in [0, 0.1) is 5.82 Å². The molecule has 1 aromatic rings. The first-order chi connectivity index (χ1) is 12.1. The minimum atomic E-state index is -5.08. The van der Waals surface area contributed by atoms with E-state index < -0.39 is 18.0 Å². The van der Waals surface area contributed by atoms with Crippen molar-refractivity contribution >= 4 is 5.97 Å². The number of carbonyl (C=O) groups is 1. The summed E-state index contributed by atoms with van der Waals surface area (Å²) < 4.78 is 56.8. The number of carboxylic acid groups (broad SMARTS) is 1. The molecule has 0 saturated carbocycles. The summed E-state index contributed by atoms with van der Waals surface area (Å²) in [4.78, 5) is 15.1. The van der Waals surface area contributed by atoms with Crippen LogP contribution in [0.15, 0.2) is 18.3 Å². The first-order valence-corrected chi connectivity index (χ1v) is 8.01. The number of halogens is 4. The summed E-state index contributed by atoms with van der Waals surface area (Å²) in [6, 6.07) is 2.92. The maximum absolute atomic E-state index is 13.5. The van der Waals surface area contributed by atoms with Crippen LogP contribution in [0.4, 0.5) is 17.6 Å². The van der Waals surface area contributed by atoms with Crippen molar-refractivity contribution in [1.82, 2.24) is 9.88 Å². The van der Waals surface area contributed by atoms with Crippen LogP contribution in [-0.2, 0) is 9.53 Å². The molecule has 6 nitrogen and oxygen atoms in total. The van der Waals surface area contributed by atoms with Gasteiger partial charge in [0.1, 0.15) is 6.10 Å². The van der Waals surface area contributed by atoms with Crippen molar-refractivity contribution in [2.75, 3.05) is 26.7 Å². The van der Waals surface area contributed by atoms with Gasteiger partial charge in [0.2, 0.25) is 0 Å². The largest absolute Gasteiger partial charge is 0.490 e. The van der Waals surface area contributed by atoms with E-state index in [4.69, 9.17) is 19.4 Å². The molecule has 3 heterocycles. The highest BCUT2D eigenvalue weighted by molar-refractivity contribution is 5.73. The molecule has 2 aliphatic rings. The van der Waals surface area contributed by atoms with Gasteiger partial charge in [-0.1, -0.05) is 0 Å². The van der Waals surface area contributed by atoms with Gasteiger partial charge in [0, 0.05) is 19.2 Å². The Morgan fingerprint density at radius 3 is 2.77 bits per heavy atom. The van der Waals surface area contributed by atoms with Crippen LogP contribution < -0.4 is 4.74 Å². The van der Waals surface area contributed by atoms with Crippen LogP contribution in [0.5, 0.6) is 5.88 Å². The number of rotatable bonds is 2. The lowest BCUT2D eigenvalue weighted by atomic mass is 9.89. The number of pyridine rings is 1. The molecule has 2 aliphatic heterocycles. The Labute approximate surface area is 147 Å². The molecule has 0 unspecified atom stereocenters. The molecule has 1 spiro atoms. The highest BCUT2D eigenvalue weighted by Crippen LogP contribution is 2.35. The quantitative estimate of drug-likeness (QED) is 0.795. The number of hydrogen-bond donors (Lipinski definition) is 1. The molecule has 3 rings (SSSR count). The van der Waals surface area contributed by atoms with E-state index in [0.717, 1.165) is 32.4 Å². The van der Waals surface area contributed by atoms with E-state index in [1.807, 2.05) is 0 Å². The Hall–Kier alpha value is -1.94. The Morgan fingerprint density at radius 1 is 1.50 bits per heavy atom. The average molecular weight is 380 g/mol. The fourth-order valence-electron chi connectivity index (χ4n) is 3.10. The number of carboxylic acids is 1. The highest BCUT2D eigenvalue weighted by atomic mass is 19.4. The van der Waals surface area contributed by atoms with Gasteiger partial charge >= 0.3 is 12.1 Å². The van der Waals surface area contributed by atoms with E-state index in [9.17, 15) is 17.6 Å². The zero-order valence-electron chi connectivity index (χ0n) is 14.1. The molecule has 1 aromatic heterocycles. The van der Waals surface area contributed by atoms with Gasteiger partial charge in [0.05, 0.1) is 12.2 Å². The third-order valence-corrected chi connectivity index (χ3v) is 4.15. The molecule has 2 fully saturated rings. The maximum Gasteiger partial charge on any atom is 0.490 e. The van der Waals surface area contributed by atoms with E-state index >= 15 is 0 Å². The van der Waals surface area contributed by atoms with Gasteiger partial charge in [-0.2, -0.15) is 13.2 Å². The highest BCUT2D eigenvalue weighted by Gasteiger charge is 2.44. The molecule has 26 heavy (non-hydrogen) atoms. The van der Waals surface area contributed by atoms with Crippen molar-refractivity contribution < 1.29 is 36.9 Å². The zero-order valence-corrected chi connectivity index (χ0v) is 14.1. The molecule has 2 saturated heterocycles. The van der Waals surface area contributed by atoms with Gasteiger partial charge in [-0.3, -0.25) is 0 Å². The second kappa shape index (κ2) is 8.17. The molecule has 10 heteroatoms. The molecule has 0 amide bonds. The van der Waals surface area contributed by atoms with Crippen LogP contribution >= 0.6 is 0 Å². The van der Waals surface area contributed by atoms with Gasteiger partial charge in [-0.15, -0.1) is 0 Å². The van der Waals surface area contributed by atoms with Crippen molar-refractivity contribution in [2.45, 2.75) is 37.1 Å². The second-order valence-corrected chi connectivity index (χ2v) is 6.37. The number of piperidine rings is 1. The fraction of sp³-hybridized carbons (Fsp3) is 0.625. The first-order valence-electron chi connectivity index (χ1n) is 8.01. The minimum absolute atomic E-state index is 0.0808. The molecule has 2 atom stereocenters. The molecule has 0 aromatic carbocycles. The SMILES string of the molecule is CN1CCC[C@]2(C[C@H](Oc3ncccc3F)CO2)C1.O=C(O)C(F)(F)F. The molecule has 0 bridgehead atoms. The smallest absolute Gasteiger partial charge is 0.475 e. The van der Waals surface area contributed by atoms with E-state index in [2.05, 4.69) is 16.9 Å². The Kier molecular flexibility index (Phi) is 6.40. The number of likely N-dealkylation sites (N-methyl/N-ethyl adjacent to an activating group) is 1. The minimum Gasteiger partial charge on any atom is -0.475 e. The Balaban J connectivity index is 0.000000298. The number of ether oxygens (including phenoxy) is 2. The zero-order chi connectivity index (χ0) is 19.4. The molecule has 0 radical (unpaired) electrons. The Morgan fingerprint density at radius 2 is 2.19 bits per heavy atom. The summed E-state index contributed by atoms with van der Waals surface area (Å²) in [5.74, 6) is -3.09. The molecule has 1 N–H and O–H groups in total. The first kappa shape index (κ1) is 20.4. The van der Waals surface area contributed by atoms with Crippen LogP contribution in [0.2, 0.25) is 0 Å². The van der Waals surface area contributed by atoms with Crippen LogP contribution in [0.3, 0.4) is 0 Å². The molecular formula is C16H20F4N2O4. The number of nitrogens with zero attached hydrogens (tertiary/aromatic N) is 2. The van der Waals surface area contributed by atoms with Gasteiger partial charge in [0.15, 0.2) is 5.82 Å². The van der Waals surface area contributed by atoms with E-state index in [1.54, 1.807) is 12.3 Å². The summed E-state index contributed by atoms with van der Waals surface area (Å²) in [5.41, 5.74) is -0.108. The normalized spacial score (nSPS) is 26.3. The van der Waals surface area contributed by atoms with Crippen molar-refractivity contribution in [1.29, 1.82) is 0 Å². The summed E-state index contributed by atoms with van der Waals surface area (Å²) in [6.45, 7) is 2.56. The summed E-state index contributed by atoms with van der Waals surface area (Å²) in [7, 11) is 2.11. The molecule has 146 valence electrons. The van der Waals surface area contributed by atoms with E-state index in [1.165, 1.54) is 6.07 Å². The van der Waals surface area contributed by atoms with E-state index in [0.29, 0.717) is 6.61 Å². The monoisotopic (exact) mass is 380 g/mol. The van der Waals surface area contributed by atoms with Crippen molar-refractivity contribution in [2.24, 2.45) is 0 Å². The fourth-order valence-corrected chi connectivity index (χ4v) is 3.10. The number of likely N-dealkylation sites (tertiary alicyclic amines) is 1. The predicted octanol–water partition coefficient (Wildman–Crippen LogP) is 2.49. The van der Waals surface area contributed by atoms with Gasteiger partial charge < -0.3 is 19.5 Å². The second-order valence-electron chi connectivity index (χ2n) is 6.37. The number of aliphatic carboxylic acids is 1. The lowest BCUT2D eigenvalue weighted by Crippen LogP contribution is -2.46. The molecular weight excluding hydrogens is 360 g/mol. The Bertz CT molecular complexity index is 629.